The molecule has 1 aromatic carbocycles. The maximum Gasteiger partial charge on any atom is 0.359 e. The standard InChI is InChI=1S/C22H25N3O3/c1-15(2)12-17-7-9-18(10-8-17)16(3)23-21(26)14-28-22(27)19-13-25-11-5-4-6-20(25)24-19/h4-11,13,15-16H,12,14H2,1-3H3,(H,23,26)/t16-/m0/s1. The summed E-state index contributed by atoms with van der Waals surface area (Å²) in [5.74, 6) is -0.369. The third kappa shape index (κ3) is 4.97. The molecule has 146 valence electrons. The van der Waals surface area contributed by atoms with Crippen LogP contribution in [0.2, 0.25) is 0 Å². The molecule has 0 radical (unpaired) electrons. The van der Waals surface area contributed by atoms with Gasteiger partial charge in [-0.05, 0) is 42.5 Å². The number of hydrogen-bond donors (Lipinski definition) is 1. The predicted octanol–water partition coefficient (Wildman–Crippen LogP) is 3.57. The number of fused-ring (bicyclic) bond motifs is 1. The van der Waals surface area contributed by atoms with Crippen molar-refractivity contribution in [1.82, 2.24) is 14.7 Å². The van der Waals surface area contributed by atoms with Crippen molar-refractivity contribution in [3.05, 3.63) is 71.7 Å². The van der Waals surface area contributed by atoms with E-state index in [1.54, 1.807) is 22.9 Å². The lowest BCUT2D eigenvalue weighted by Gasteiger charge is -2.15. The van der Waals surface area contributed by atoms with E-state index in [9.17, 15) is 9.59 Å². The van der Waals surface area contributed by atoms with E-state index >= 15 is 0 Å². The Morgan fingerprint density at radius 1 is 1.11 bits per heavy atom. The Bertz CT molecular complexity index is 928. The van der Waals surface area contributed by atoms with Crippen LogP contribution in [0, 0.1) is 5.92 Å². The molecule has 0 aliphatic rings. The predicted molar refractivity (Wildman–Crippen MR) is 107 cm³/mol. The molecule has 0 fully saturated rings. The van der Waals surface area contributed by atoms with Crippen LogP contribution in [0.1, 0.15) is 48.4 Å². The monoisotopic (exact) mass is 379 g/mol. The third-order valence-electron chi connectivity index (χ3n) is 4.41. The lowest BCUT2D eigenvalue weighted by Crippen LogP contribution is -2.31. The number of amides is 1. The first-order chi connectivity index (χ1) is 13.4. The molecule has 2 heterocycles. The van der Waals surface area contributed by atoms with E-state index in [-0.39, 0.29) is 24.2 Å². The topological polar surface area (TPSA) is 72.7 Å². The van der Waals surface area contributed by atoms with Crippen molar-refractivity contribution in [1.29, 1.82) is 0 Å². The van der Waals surface area contributed by atoms with Crippen LogP contribution in [0.15, 0.2) is 54.9 Å². The van der Waals surface area contributed by atoms with Gasteiger partial charge in [-0.1, -0.05) is 44.2 Å². The van der Waals surface area contributed by atoms with Gasteiger partial charge < -0.3 is 14.5 Å². The molecule has 0 unspecified atom stereocenters. The quantitative estimate of drug-likeness (QED) is 0.637. The Kier molecular flexibility index (Phi) is 6.09. The molecular weight excluding hydrogens is 354 g/mol. The number of carbonyl (C=O) groups is 2. The summed E-state index contributed by atoms with van der Waals surface area (Å²) in [7, 11) is 0. The Morgan fingerprint density at radius 3 is 2.54 bits per heavy atom. The van der Waals surface area contributed by atoms with Crippen LogP contribution >= 0.6 is 0 Å². The molecular formula is C22H25N3O3. The zero-order chi connectivity index (χ0) is 20.1. The van der Waals surface area contributed by atoms with Gasteiger partial charge in [0, 0.05) is 12.4 Å². The van der Waals surface area contributed by atoms with E-state index in [4.69, 9.17) is 4.74 Å². The van der Waals surface area contributed by atoms with Crippen molar-refractivity contribution in [2.45, 2.75) is 33.2 Å². The lowest BCUT2D eigenvalue weighted by molar-refractivity contribution is -0.124. The van der Waals surface area contributed by atoms with Crippen molar-refractivity contribution in [2.75, 3.05) is 6.61 Å². The first-order valence-corrected chi connectivity index (χ1v) is 9.41. The molecule has 28 heavy (non-hydrogen) atoms. The van der Waals surface area contributed by atoms with Gasteiger partial charge in [0.15, 0.2) is 12.3 Å². The number of aromatic nitrogens is 2. The van der Waals surface area contributed by atoms with Crippen molar-refractivity contribution in [2.24, 2.45) is 5.92 Å². The number of ether oxygens (including phenoxy) is 1. The van der Waals surface area contributed by atoms with Crippen molar-refractivity contribution in [3.63, 3.8) is 0 Å². The number of nitrogens with one attached hydrogen (secondary N) is 1. The Labute approximate surface area is 164 Å². The molecule has 0 bridgehead atoms. The summed E-state index contributed by atoms with van der Waals surface area (Å²) >= 11 is 0. The summed E-state index contributed by atoms with van der Waals surface area (Å²) in [6.07, 6.45) is 4.40. The van der Waals surface area contributed by atoms with E-state index in [1.165, 1.54) is 5.56 Å². The Balaban J connectivity index is 1.51. The highest BCUT2D eigenvalue weighted by Crippen LogP contribution is 2.15. The van der Waals surface area contributed by atoms with Crippen LogP contribution in [0.4, 0.5) is 0 Å². The van der Waals surface area contributed by atoms with Crippen molar-refractivity contribution >= 4 is 17.5 Å². The summed E-state index contributed by atoms with van der Waals surface area (Å²) in [6.45, 7) is 5.93. The fourth-order valence-corrected chi connectivity index (χ4v) is 3.02. The maximum absolute atomic E-state index is 12.1. The second-order valence-corrected chi connectivity index (χ2v) is 7.30. The smallest absolute Gasteiger partial charge is 0.359 e. The summed E-state index contributed by atoms with van der Waals surface area (Å²) in [4.78, 5) is 28.4. The fourth-order valence-electron chi connectivity index (χ4n) is 3.02. The van der Waals surface area contributed by atoms with E-state index in [0.717, 1.165) is 12.0 Å². The van der Waals surface area contributed by atoms with E-state index in [2.05, 4.69) is 36.3 Å². The molecule has 1 amide bonds. The largest absolute Gasteiger partial charge is 0.451 e. The molecule has 3 aromatic rings. The SMILES string of the molecule is CC(C)Cc1ccc([C@H](C)NC(=O)COC(=O)c2cn3ccccc3n2)cc1. The van der Waals surface area contributed by atoms with Gasteiger partial charge in [-0.3, -0.25) is 4.79 Å². The number of pyridine rings is 1. The molecule has 1 N–H and O–H groups in total. The highest BCUT2D eigenvalue weighted by Gasteiger charge is 2.15. The Morgan fingerprint density at radius 2 is 1.86 bits per heavy atom. The van der Waals surface area contributed by atoms with Gasteiger partial charge in [-0.15, -0.1) is 0 Å². The van der Waals surface area contributed by atoms with Crippen molar-refractivity contribution < 1.29 is 14.3 Å². The van der Waals surface area contributed by atoms with Gasteiger partial charge in [0.25, 0.3) is 5.91 Å². The number of hydrogen-bond acceptors (Lipinski definition) is 4. The molecule has 6 nitrogen and oxygen atoms in total. The van der Waals surface area contributed by atoms with Crippen LogP contribution in [0.5, 0.6) is 0 Å². The van der Waals surface area contributed by atoms with Gasteiger partial charge >= 0.3 is 5.97 Å². The first-order valence-electron chi connectivity index (χ1n) is 9.41. The summed E-state index contributed by atoms with van der Waals surface area (Å²) in [5.41, 5.74) is 3.10. The van der Waals surface area contributed by atoms with Crippen molar-refractivity contribution in [3.8, 4) is 0 Å². The fraction of sp³-hybridized carbons (Fsp3) is 0.318. The summed E-state index contributed by atoms with van der Waals surface area (Å²) in [6, 6.07) is 13.5. The van der Waals surface area contributed by atoms with Crippen LogP contribution in [-0.2, 0) is 16.0 Å². The van der Waals surface area contributed by atoms with Gasteiger partial charge in [0.2, 0.25) is 0 Å². The average molecular weight is 379 g/mol. The first kappa shape index (κ1) is 19.6. The summed E-state index contributed by atoms with van der Waals surface area (Å²) < 4.78 is 6.82. The van der Waals surface area contributed by atoms with E-state index in [1.807, 2.05) is 31.2 Å². The van der Waals surface area contributed by atoms with Crippen LogP contribution < -0.4 is 5.32 Å². The molecule has 0 saturated heterocycles. The second kappa shape index (κ2) is 8.69. The normalized spacial score (nSPS) is 12.1. The minimum atomic E-state index is -0.621. The number of esters is 1. The van der Waals surface area contributed by atoms with Gasteiger partial charge in [0.05, 0.1) is 6.04 Å². The molecule has 6 heteroatoms. The maximum atomic E-state index is 12.1. The average Bonchev–Trinajstić information content (AvgIpc) is 3.10. The number of nitrogens with zero attached hydrogens (tertiary/aromatic N) is 2. The van der Waals surface area contributed by atoms with Gasteiger partial charge in [0.1, 0.15) is 5.65 Å². The van der Waals surface area contributed by atoms with E-state index < -0.39 is 5.97 Å². The highest BCUT2D eigenvalue weighted by atomic mass is 16.5. The minimum absolute atomic E-state index is 0.172. The third-order valence-corrected chi connectivity index (χ3v) is 4.41. The van der Waals surface area contributed by atoms with Crippen LogP contribution in [0.25, 0.3) is 5.65 Å². The van der Waals surface area contributed by atoms with Crippen LogP contribution in [0.3, 0.4) is 0 Å². The zero-order valence-corrected chi connectivity index (χ0v) is 16.4. The number of rotatable bonds is 7. The second-order valence-electron chi connectivity index (χ2n) is 7.30. The van der Waals surface area contributed by atoms with Crippen LogP contribution in [-0.4, -0.2) is 27.9 Å². The highest BCUT2D eigenvalue weighted by molar-refractivity contribution is 5.90. The number of carbonyl (C=O) groups excluding carboxylic acids is 2. The zero-order valence-electron chi connectivity index (χ0n) is 16.4. The molecule has 3 rings (SSSR count). The minimum Gasteiger partial charge on any atom is -0.451 e. The molecule has 0 saturated carbocycles. The number of benzene rings is 1. The lowest BCUT2D eigenvalue weighted by atomic mass is 10.00. The van der Waals surface area contributed by atoms with Gasteiger partial charge in [-0.25, -0.2) is 9.78 Å². The molecule has 0 spiro atoms. The number of imidazole rings is 1. The summed E-state index contributed by atoms with van der Waals surface area (Å²) in [5, 5.41) is 2.85. The van der Waals surface area contributed by atoms with E-state index in [0.29, 0.717) is 11.6 Å². The Hall–Kier alpha value is -3.15. The van der Waals surface area contributed by atoms with Gasteiger partial charge in [-0.2, -0.15) is 0 Å². The molecule has 0 aliphatic heterocycles. The molecule has 2 aromatic heterocycles. The molecule has 1 atom stereocenters. The molecule has 0 aliphatic carbocycles.